The Balaban J connectivity index is 1.75. The van der Waals surface area contributed by atoms with Gasteiger partial charge in [0.2, 0.25) is 5.54 Å². The normalized spacial score (nSPS) is 15.7. The van der Waals surface area contributed by atoms with Crippen molar-refractivity contribution in [2.24, 2.45) is 0 Å². The summed E-state index contributed by atoms with van der Waals surface area (Å²) >= 11 is 0. The first kappa shape index (κ1) is 23.1. The predicted molar refractivity (Wildman–Crippen MR) is 108 cm³/mol. The summed E-state index contributed by atoms with van der Waals surface area (Å²) in [6, 6.07) is 13.3. The van der Waals surface area contributed by atoms with Crippen LogP contribution in [0.3, 0.4) is 0 Å². The molecule has 10 heteroatoms. The van der Waals surface area contributed by atoms with E-state index < -0.39 is 35.7 Å². The number of carboxylic acid groups (broad SMARTS) is 1. The maximum absolute atomic E-state index is 13.6. The standard InChI is InChI=1S/C22H21F3N2O5/c1-12(18(28)29)26-19(30)21(2,22(23,24)25)27-20(31)32-11-17-15-9-5-3-7-13(15)14-8-4-6-10-16(14)17/h3-10,12,17H,11H2,1-2H3,(H,26,30)(H,27,31)(H,28,29). The number of halogens is 3. The second-order valence-electron chi connectivity index (χ2n) is 7.61. The van der Waals surface area contributed by atoms with Crippen molar-refractivity contribution in [2.45, 2.75) is 37.5 Å². The lowest BCUT2D eigenvalue weighted by Crippen LogP contribution is -2.66. The zero-order chi connectivity index (χ0) is 23.7. The number of carbonyl (C=O) groups is 3. The highest BCUT2D eigenvalue weighted by atomic mass is 19.4. The molecule has 0 fully saturated rings. The summed E-state index contributed by atoms with van der Waals surface area (Å²) in [6.07, 6.45) is -6.66. The molecule has 0 spiro atoms. The van der Waals surface area contributed by atoms with Crippen molar-refractivity contribution in [3.8, 4) is 11.1 Å². The van der Waals surface area contributed by atoms with Gasteiger partial charge in [-0.1, -0.05) is 48.5 Å². The second-order valence-corrected chi connectivity index (χ2v) is 7.61. The van der Waals surface area contributed by atoms with Crippen LogP contribution in [0.4, 0.5) is 18.0 Å². The number of benzene rings is 2. The Hall–Kier alpha value is -3.56. The number of alkyl carbamates (subject to hydrolysis) is 1. The molecule has 2 unspecified atom stereocenters. The summed E-state index contributed by atoms with van der Waals surface area (Å²) in [6.45, 7) is 1.20. The lowest BCUT2D eigenvalue weighted by Gasteiger charge is -2.31. The molecule has 0 aliphatic heterocycles. The number of alkyl halides is 3. The van der Waals surface area contributed by atoms with Crippen molar-refractivity contribution >= 4 is 18.0 Å². The summed E-state index contributed by atoms with van der Waals surface area (Å²) < 4.78 is 46.0. The second kappa shape index (κ2) is 8.52. The van der Waals surface area contributed by atoms with Crippen LogP contribution in [0.25, 0.3) is 11.1 Å². The molecular weight excluding hydrogens is 429 g/mol. The van der Waals surface area contributed by atoms with Gasteiger partial charge in [-0.3, -0.25) is 14.9 Å². The maximum Gasteiger partial charge on any atom is 0.420 e. The molecule has 1 aliphatic carbocycles. The van der Waals surface area contributed by atoms with E-state index in [9.17, 15) is 27.6 Å². The predicted octanol–water partition coefficient (Wildman–Crippen LogP) is 3.44. The molecule has 0 aromatic heterocycles. The fourth-order valence-electron chi connectivity index (χ4n) is 3.50. The highest BCUT2D eigenvalue weighted by molar-refractivity contribution is 5.93. The van der Waals surface area contributed by atoms with E-state index in [0.29, 0.717) is 6.92 Å². The van der Waals surface area contributed by atoms with Gasteiger partial charge in [-0.25, -0.2) is 4.79 Å². The van der Waals surface area contributed by atoms with Crippen LogP contribution in [0, 0.1) is 0 Å². The van der Waals surface area contributed by atoms with Gasteiger partial charge in [0.25, 0.3) is 5.91 Å². The molecule has 2 amide bonds. The van der Waals surface area contributed by atoms with Gasteiger partial charge in [0.05, 0.1) is 0 Å². The van der Waals surface area contributed by atoms with Gasteiger partial charge in [0, 0.05) is 5.92 Å². The lowest BCUT2D eigenvalue weighted by molar-refractivity contribution is -0.194. The first-order chi connectivity index (χ1) is 15.0. The molecule has 2 atom stereocenters. The third-order valence-corrected chi connectivity index (χ3v) is 5.43. The molecule has 7 nitrogen and oxygen atoms in total. The zero-order valence-corrected chi connectivity index (χ0v) is 17.2. The van der Waals surface area contributed by atoms with Gasteiger partial charge in [-0.05, 0) is 36.1 Å². The Bertz CT molecular complexity index is 1010. The van der Waals surface area contributed by atoms with Crippen LogP contribution in [0.1, 0.15) is 30.9 Å². The van der Waals surface area contributed by atoms with Crippen molar-refractivity contribution in [1.29, 1.82) is 0 Å². The van der Waals surface area contributed by atoms with Crippen LogP contribution < -0.4 is 10.6 Å². The van der Waals surface area contributed by atoms with E-state index in [1.54, 1.807) is 10.6 Å². The first-order valence-corrected chi connectivity index (χ1v) is 9.69. The van der Waals surface area contributed by atoms with E-state index in [-0.39, 0.29) is 12.5 Å². The van der Waals surface area contributed by atoms with Gasteiger partial charge in [-0.2, -0.15) is 13.2 Å². The zero-order valence-electron chi connectivity index (χ0n) is 17.2. The quantitative estimate of drug-likeness (QED) is 0.626. The largest absolute Gasteiger partial charge is 0.480 e. The van der Waals surface area contributed by atoms with Gasteiger partial charge in [0.15, 0.2) is 0 Å². The van der Waals surface area contributed by atoms with Gasteiger partial charge in [0.1, 0.15) is 12.6 Å². The highest BCUT2D eigenvalue weighted by Crippen LogP contribution is 2.44. The number of fused-ring (bicyclic) bond motifs is 3. The third kappa shape index (κ3) is 4.25. The Labute approximate surface area is 181 Å². The number of hydrogen-bond donors (Lipinski definition) is 3. The number of amides is 2. The number of ether oxygens (including phenoxy) is 1. The Morgan fingerprint density at radius 1 is 1.03 bits per heavy atom. The topological polar surface area (TPSA) is 105 Å². The highest BCUT2D eigenvalue weighted by Gasteiger charge is 2.58. The van der Waals surface area contributed by atoms with E-state index in [1.807, 2.05) is 48.5 Å². The minimum Gasteiger partial charge on any atom is -0.480 e. The van der Waals surface area contributed by atoms with E-state index in [2.05, 4.69) is 0 Å². The molecule has 32 heavy (non-hydrogen) atoms. The summed E-state index contributed by atoms with van der Waals surface area (Å²) in [5.41, 5.74) is 0.235. The molecular formula is C22H21F3N2O5. The number of aliphatic carboxylic acids is 1. The van der Waals surface area contributed by atoms with Crippen molar-refractivity contribution < 1.29 is 37.4 Å². The lowest BCUT2D eigenvalue weighted by atomic mass is 9.98. The van der Waals surface area contributed by atoms with Crippen molar-refractivity contribution in [2.75, 3.05) is 6.61 Å². The monoisotopic (exact) mass is 450 g/mol. The number of carbonyl (C=O) groups excluding carboxylic acids is 2. The number of rotatable bonds is 6. The van der Waals surface area contributed by atoms with Crippen LogP contribution in [0.15, 0.2) is 48.5 Å². The average molecular weight is 450 g/mol. The van der Waals surface area contributed by atoms with E-state index in [1.165, 1.54) is 0 Å². The molecule has 2 aromatic carbocycles. The van der Waals surface area contributed by atoms with Crippen LogP contribution in [-0.2, 0) is 14.3 Å². The minimum atomic E-state index is -5.21. The number of carboxylic acids is 1. The summed E-state index contributed by atoms with van der Waals surface area (Å²) in [4.78, 5) is 35.3. The first-order valence-electron chi connectivity index (χ1n) is 9.69. The van der Waals surface area contributed by atoms with Crippen LogP contribution >= 0.6 is 0 Å². The molecule has 3 N–H and O–H groups in total. The molecule has 0 radical (unpaired) electrons. The van der Waals surface area contributed by atoms with Gasteiger partial charge < -0.3 is 15.2 Å². The molecule has 0 saturated carbocycles. The SMILES string of the molecule is CC(NC(=O)C(C)(NC(=O)OCC1c2ccccc2-c2ccccc21)C(F)(F)F)C(=O)O. The Morgan fingerprint density at radius 3 is 2.00 bits per heavy atom. The van der Waals surface area contributed by atoms with Crippen molar-refractivity contribution in [3.63, 3.8) is 0 Å². The summed E-state index contributed by atoms with van der Waals surface area (Å²) in [5, 5.41) is 12.1. The third-order valence-electron chi connectivity index (χ3n) is 5.43. The summed E-state index contributed by atoms with van der Waals surface area (Å²) in [5.74, 6) is -3.62. The Morgan fingerprint density at radius 2 is 1.53 bits per heavy atom. The van der Waals surface area contributed by atoms with Crippen LogP contribution in [0.5, 0.6) is 0 Å². The molecule has 0 saturated heterocycles. The van der Waals surface area contributed by atoms with E-state index in [4.69, 9.17) is 9.84 Å². The average Bonchev–Trinajstić information content (AvgIpc) is 3.05. The summed E-state index contributed by atoms with van der Waals surface area (Å²) in [7, 11) is 0. The molecule has 3 rings (SSSR count). The van der Waals surface area contributed by atoms with Gasteiger partial charge >= 0.3 is 18.2 Å². The minimum absolute atomic E-state index is 0.249. The van der Waals surface area contributed by atoms with Crippen molar-refractivity contribution in [1.82, 2.24) is 10.6 Å². The molecule has 170 valence electrons. The number of nitrogens with one attached hydrogen (secondary N) is 2. The molecule has 0 heterocycles. The maximum atomic E-state index is 13.6. The van der Waals surface area contributed by atoms with Crippen LogP contribution in [0.2, 0.25) is 0 Å². The molecule has 0 bridgehead atoms. The van der Waals surface area contributed by atoms with E-state index >= 15 is 0 Å². The smallest absolute Gasteiger partial charge is 0.420 e. The van der Waals surface area contributed by atoms with Crippen molar-refractivity contribution in [3.05, 3.63) is 59.7 Å². The fourth-order valence-corrected chi connectivity index (χ4v) is 3.50. The fraction of sp³-hybridized carbons (Fsp3) is 0.318. The van der Waals surface area contributed by atoms with Crippen LogP contribution in [-0.4, -0.2) is 47.4 Å². The Kier molecular flexibility index (Phi) is 6.16. The molecule has 2 aromatic rings. The van der Waals surface area contributed by atoms with Gasteiger partial charge in [-0.15, -0.1) is 0 Å². The molecule has 1 aliphatic rings. The number of hydrogen-bond acceptors (Lipinski definition) is 4. The van der Waals surface area contributed by atoms with E-state index in [0.717, 1.165) is 29.2 Å².